The number of Topliss-reactive ketones (excluding diaryl/α,β-unsaturated/α-hetero) is 1. The summed E-state index contributed by atoms with van der Waals surface area (Å²) in [6.45, 7) is 8.50. The van der Waals surface area contributed by atoms with E-state index in [9.17, 15) is 15.0 Å². The molecule has 0 unspecified atom stereocenters. The topological polar surface area (TPSA) is 57.5 Å². The maximum atomic E-state index is 12.8. The van der Waals surface area contributed by atoms with Gasteiger partial charge in [-0.3, -0.25) is 4.79 Å². The maximum Gasteiger partial charge on any atom is 0.167 e. The quantitative estimate of drug-likeness (QED) is 0.861. The Balaban J connectivity index is 2.20. The number of fused-ring (bicyclic) bond motifs is 3. The summed E-state index contributed by atoms with van der Waals surface area (Å²) in [6.07, 6.45) is 3.44. The summed E-state index contributed by atoms with van der Waals surface area (Å²) in [5, 5.41) is 20.6. The fourth-order valence-electron chi connectivity index (χ4n) is 5.08. The van der Waals surface area contributed by atoms with E-state index < -0.39 is 0 Å². The first kappa shape index (κ1) is 16.5. The summed E-state index contributed by atoms with van der Waals surface area (Å²) >= 11 is 0. The first-order chi connectivity index (χ1) is 10.7. The van der Waals surface area contributed by atoms with Crippen molar-refractivity contribution in [3.05, 3.63) is 28.8 Å². The molecule has 3 atom stereocenters. The van der Waals surface area contributed by atoms with Crippen LogP contribution in [0.25, 0.3) is 0 Å². The Morgan fingerprint density at radius 1 is 1.26 bits per heavy atom. The van der Waals surface area contributed by atoms with Crippen molar-refractivity contribution < 1.29 is 15.0 Å². The van der Waals surface area contributed by atoms with Crippen LogP contribution in [0.15, 0.2) is 12.1 Å². The molecular formula is C20H28O3. The summed E-state index contributed by atoms with van der Waals surface area (Å²) in [7, 11) is 0. The number of aliphatic hydroxyl groups is 1. The molecule has 2 aliphatic carbocycles. The fourth-order valence-corrected chi connectivity index (χ4v) is 5.08. The van der Waals surface area contributed by atoms with E-state index in [2.05, 4.69) is 19.9 Å². The summed E-state index contributed by atoms with van der Waals surface area (Å²) in [5.74, 6) is 0.535. The number of phenolic OH excluding ortho intramolecular Hbond substituents is 1. The smallest absolute Gasteiger partial charge is 0.167 e. The largest absolute Gasteiger partial charge is 0.507 e. The fraction of sp³-hybridized carbons (Fsp3) is 0.650. The molecule has 1 aromatic rings. The van der Waals surface area contributed by atoms with E-state index in [4.69, 9.17) is 0 Å². The molecule has 3 nitrogen and oxygen atoms in total. The number of aliphatic hydroxyl groups excluding tert-OH is 1. The van der Waals surface area contributed by atoms with Gasteiger partial charge in [-0.2, -0.15) is 0 Å². The van der Waals surface area contributed by atoms with Crippen molar-refractivity contribution in [2.75, 3.05) is 6.61 Å². The predicted molar refractivity (Wildman–Crippen MR) is 91.0 cm³/mol. The van der Waals surface area contributed by atoms with Gasteiger partial charge in [-0.1, -0.05) is 46.2 Å². The second-order valence-corrected chi connectivity index (χ2v) is 8.34. The van der Waals surface area contributed by atoms with Gasteiger partial charge in [0.25, 0.3) is 0 Å². The van der Waals surface area contributed by atoms with Crippen molar-refractivity contribution >= 4 is 5.78 Å². The number of aromatic hydroxyl groups is 1. The minimum atomic E-state index is -0.216. The van der Waals surface area contributed by atoms with Gasteiger partial charge in [0.1, 0.15) is 5.75 Å². The number of hydrogen-bond acceptors (Lipinski definition) is 3. The monoisotopic (exact) mass is 316 g/mol. The van der Waals surface area contributed by atoms with Crippen molar-refractivity contribution in [3.8, 4) is 5.75 Å². The van der Waals surface area contributed by atoms with Crippen LogP contribution >= 0.6 is 0 Å². The van der Waals surface area contributed by atoms with Gasteiger partial charge < -0.3 is 10.2 Å². The molecule has 3 heteroatoms. The van der Waals surface area contributed by atoms with Gasteiger partial charge in [0, 0.05) is 13.0 Å². The number of carbonyl (C=O) groups excluding carboxylic acids is 1. The number of benzene rings is 1. The molecule has 3 rings (SSSR count). The molecule has 0 saturated heterocycles. The third-order valence-corrected chi connectivity index (χ3v) is 6.53. The van der Waals surface area contributed by atoms with Crippen molar-refractivity contribution in [1.82, 2.24) is 0 Å². The average Bonchev–Trinajstić information content (AvgIpc) is 2.49. The van der Waals surface area contributed by atoms with Crippen molar-refractivity contribution in [3.63, 3.8) is 0 Å². The van der Waals surface area contributed by atoms with Gasteiger partial charge in [-0.05, 0) is 46.6 Å². The zero-order chi connectivity index (χ0) is 17.0. The highest BCUT2D eigenvalue weighted by Crippen LogP contribution is 2.58. The Hall–Kier alpha value is -1.35. The summed E-state index contributed by atoms with van der Waals surface area (Å²) in [6, 6.07) is 4.03. The molecule has 0 aliphatic heterocycles. The van der Waals surface area contributed by atoms with E-state index in [1.807, 2.05) is 19.9 Å². The molecule has 1 saturated carbocycles. The molecule has 2 N–H and O–H groups in total. The normalized spacial score (nSPS) is 33.5. The molecular weight excluding hydrogens is 288 g/mol. The van der Waals surface area contributed by atoms with Crippen LogP contribution in [0.1, 0.15) is 80.8 Å². The molecule has 2 aliphatic rings. The van der Waals surface area contributed by atoms with Crippen LogP contribution in [-0.4, -0.2) is 22.6 Å². The van der Waals surface area contributed by atoms with Crippen LogP contribution in [0.2, 0.25) is 0 Å². The lowest BCUT2D eigenvalue weighted by Gasteiger charge is -2.54. The van der Waals surface area contributed by atoms with Crippen LogP contribution < -0.4 is 0 Å². The van der Waals surface area contributed by atoms with Crippen LogP contribution in [0.4, 0.5) is 0 Å². The summed E-state index contributed by atoms with van der Waals surface area (Å²) < 4.78 is 0. The van der Waals surface area contributed by atoms with Gasteiger partial charge in [0.2, 0.25) is 0 Å². The first-order valence-electron chi connectivity index (χ1n) is 8.75. The number of hydrogen-bond donors (Lipinski definition) is 2. The van der Waals surface area contributed by atoms with Crippen LogP contribution in [0, 0.1) is 11.3 Å². The molecule has 0 radical (unpaired) electrons. The molecule has 0 aromatic heterocycles. The molecule has 23 heavy (non-hydrogen) atoms. The van der Waals surface area contributed by atoms with E-state index in [1.165, 1.54) is 0 Å². The standard InChI is InChI=1S/C20H28O3/c1-12(2)13-6-7-14-17(18(13)23)15(22)10-16-19(3,11-21)8-5-9-20(14,16)4/h6-7,12,16,21,23H,5,8-11H2,1-4H3/t16-,19-,20+/m0/s1. The zero-order valence-electron chi connectivity index (χ0n) is 14.6. The van der Waals surface area contributed by atoms with E-state index in [1.54, 1.807) is 0 Å². The Kier molecular flexibility index (Phi) is 3.83. The van der Waals surface area contributed by atoms with E-state index in [-0.39, 0.29) is 40.8 Å². The van der Waals surface area contributed by atoms with Crippen molar-refractivity contribution in [1.29, 1.82) is 0 Å². The number of ketones is 1. The lowest BCUT2D eigenvalue weighted by molar-refractivity contribution is -0.0143. The van der Waals surface area contributed by atoms with Gasteiger partial charge in [0.05, 0.1) is 5.56 Å². The molecule has 126 valence electrons. The van der Waals surface area contributed by atoms with Crippen LogP contribution in [-0.2, 0) is 5.41 Å². The number of rotatable bonds is 2. The van der Waals surface area contributed by atoms with E-state index in [0.717, 1.165) is 30.4 Å². The summed E-state index contributed by atoms with van der Waals surface area (Å²) in [5.41, 5.74) is 2.01. The lowest BCUT2D eigenvalue weighted by Crippen LogP contribution is -2.51. The minimum absolute atomic E-state index is 0.0315. The highest BCUT2D eigenvalue weighted by atomic mass is 16.3. The van der Waals surface area contributed by atoms with E-state index >= 15 is 0 Å². The zero-order valence-corrected chi connectivity index (χ0v) is 14.6. The third kappa shape index (κ3) is 2.24. The summed E-state index contributed by atoms with van der Waals surface area (Å²) in [4.78, 5) is 12.8. The first-order valence-corrected chi connectivity index (χ1v) is 8.75. The molecule has 0 amide bonds. The molecule has 0 spiro atoms. The number of carbonyl (C=O) groups is 1. The molecule has 0 heterocycles. The van der Waals surface area contributed by atoms with Crippen LogP contribution in [0.5, 0.6) is 5.75 Å². The Bertz CT molecular complexity index is 649. The minimum Gasteiger partial charge on any atom is -0.507 e. The maximum absolute atomic E-state index is 12.8. The average molecular weight is 316 g/mol. The van der Waals surface area contributed by atoms with Gasteiger partial charge in [-0.15, -0.1) is 0 Å². The highest BCUT2D eigenvalue weighted by Gasteiger charge is 2.54. The highest BCUT2D eigenvalue weighted by molar-refractivity contribution is 6.02. The van der Waals surface area contributed by atoms with Gasteiger partial charge in [-0.25, -0.2) is 0 Å². The SMILES string of the molecule is CC(C)c1ccc2c(c1O)C(=O)C[C@H]1[C@](C)(CO)CCC[C@]21C. The Morgan fingerprint density at radius 3 is 2.57 bits per heavy atom. The van der Waals surface area contributed by atoms with Crippen molar-refractivity contribution in [2.24, 2.45) is 11.3 Å². The predicted octanol–water partition coefficient (Wildman–Crippen LogP) is 4.16. The van der Waals surface area contributed by atoms with Crippen molar-refractivity contribution in [2.45, 2.75) is 64.7 Å². The number of phenols is 1. The molecule has 0 bridgehead atoms. The molecule has 1 aromatic carbocycles. The second kappa shape index (κ2) is 5.34. The van der Waals surface area contributed by atoms with Gasteiger partial charge in [0.15, 0.2) is 5.78 Å². The van der Waals surface area contributed by atoms with E-state index in [0.29, 0.717) is 12.0 Å². The van der Waals surface area contributed by atoms with Gasteiger partial charge >= 0.3 is 0 Å². The second-order valence-electron chi connectivity index (χ2n) is 8.34. The third-order valence-electron chi connectivity index (χ3n) is 6.53. The lowest BCUT2D eigenvalue weighted by atomic mass is 9.49. The Labute approximate surface area is 138 Å². The van der Waals surface area contributed by atoms with Crippen LogP contribution in [0.3, 0.4) is 0 Å². The molecule has 1 fully saturated rings. The Morgan fingerprint density at radius 2 is 1.96 bits per heavy atom.